The first kappa shape index (κ1) is 20.5. The number of aliphatic imine (C=N–C) groups is 1. The van der Waals surface area contributed by atoms with Crippen molar-refractivity contribution in [3.63, 3.8) is 0 Å². The number of guanidine groups is 1. The Bertz CT molecular complexity index is 481. The second-order valence-electron chi connectivity index (χ2n) is 4.15. The molecule has 0 aliphatic rings. The average Bonchev–Trinajstić information content (AvgIpc) is 2.50. The summed E-state index contributed by atoms with van der Waals surface area (Å²) in [7, 11) is 3.19. The van der Waals surface area contributed by atoms with E-state index in [-0.39, 0.29) is 24.0 Å². The standard InChI is InChI=1S/C15H23N3O3.HI/c1-4-5-9-21-10-8-17-15(16)18-13-11-12(19-2)6-7-14(13)20-3;/h4,6-7,11H,1,5,8-10H2,2-3H3,(H3,16,17,18);1H. The Labute approximate surface area is 148 Å². The fourth-order valence-electron chi connectivity index (χ4n) is 1.59. The van der Waals surface area contributed by atoms with E-state index in [0.717, 1.165) is 6.42 Å². The van der Waals surface area contributed by atoms with Crippen LogP contribution in [0.4, 0.5) is 5.69 Å². The van der Waals surface area contributed by atoms with Crippen molar-refractivity contribution in [3.05, 3.63) is 30.9 Å². The largest absolute Gasteiger partial charge is 0.497 e. The topological polar surface area (TPSA) is 78.1 Å². The summed E-state index contributed by atoms with van der Waals surface area (Å²) >= 11 is 0. The van der Waals surface area contributed by atoms with Crippen LogP contribution in [-0.2, 0) is 4.74 Å². The highest BCUT2D eigenvalue weighted by Gasteiger charge is 2.05. The van der Waals surface area contributed by atoms with E-state index in [1.807, 2.05) is 12.1 Å². The first-order chi connectivity index (χ1) is 10.2. The molecule has 0 amide bonds. The Morgan fingerprint density at radius 3 is 2.73 bits per heavy atom. The molecule has 0 bridgehead atoms. The summed E-state index contributed by atoms with van der Waals surface area (Å²) < 4.78 is 15.8. The van der Waals surface area contributed by atoms with Gasteiger partial charge in [0.05, 0.1) is 39.7 Å². The van der Waals surface area contributed by atoms with Crippen molar-refractivity contribution < 1.29 is 14.2 Å². The molecule has 0 aliphatic heterocycles. The van der Waals surface area contributed by atoms with Gasteiger partial charge in [-0.3, -0.25) is 4.99 Å². The molecule has 0 radical (unpaired) electrons. The second-order valence-corrected chi connectivity index (χ2v) is 4.15. The number of rotatable bonds is 9. The fourth-order valence-corrected chi connectivity index (χ4v) is 1.59. The number of benzene rings is 1. The van der Waals surface area contributed by atoms with E-state index in [4.69, 9.17) is 19.9 Å². The zero-order valence-corrected chi connectivity index (χ0v) is 15.3. The van der Waals surface area contributed by atoms with E-state index >= 15 is 0 Å². The third kappa shape index (κ3) is 7.51. The highest BCUT2D eigenvalue weighted by atomic mass is 127. The molecule has 124 valence electrons. The van der Waals surface area contributed by atoms with Crippen LogP contribution in [0, 0.1) is 0 Å². The van der Waals surface area contributed by atoms with Crippen molar-refractivity contribution in [1.29, 1.82) is 0 Å². The van der Waals surface area contributed by atoms with E-state index in [0.29, 0.717) is 42.9 Å². The highest BCUT2D eigenvalue weighted by molar-refractivity contribution is 14.0. The molecule has 3 N–H and O–H groups in total. The predicted molar refractivity (Wildman–Crippen MR) is 101 cm³/mol. The van der Waals surface area contributed by atoms with Gasteiger partial charge in [-0.05, 0) is 18.6 Å². The summed E-state index contributed by atoms with van der Waals surface area (Å²) in [6.45, 7) is 5.28. The van der Waals surface area contributed by atoms with Crippen LogP contribution >= 0.6 is 24.0 Å². The van der Waals surface area contributed by atoms with Crippen LogP contribution in [0.1, 0.15) is 6.42 Å². The minimum Gasteiger partial charge on any atom is -0.497 e. The van der Waals surface area contributed by atoms with Gasteiger partial charge in [0.2, 0.25) is 0 Å². The first-order valence-corrected chi connectivity index (χ1v) is 6.69. The van der Waals surface area contributed by atoms with Crippen molar-refractivity contribution in [1.82, 2.24) is 0 Å². The van der Waals surface area contributed by atoms with E-state index < -0.39 is 0 Å². The number of methoxy groups -OCH3 is 2. The lowest BCUT2D eigenvalue weighted by Crippen LogP contribution is -2.23. The molecular weight excluding hydrogens is 397 g/mol. The summed E-state index contributed by atoms with van der Waals surface area (Å²) in [5, 5.41) is 2.99. The molecule has 0 aromatic heterocycles. The van der Waals surface area contributed by atoms with Crippen LogP contribution in [-0.4, -0.2) is 39.9 Å². The van der Waals surface area contributed by atoms with Crippen molar-refractivity contribution in [2.24, 2.45) is 10.7 Å². The van der Waals surface area contributed by atoms with Gasteiger partial charge in [0.15, 0.2) is 5.96 Å². The number of nitrogens with one attached hydrogen (secondary N) is 1. The summed E-state index contributed by atoms with van der Waals surface area (Å²) in [4.78, 5) is 4.18. The lowest BCUT2D eigenvalue weighted by molar-refractivity contribution is 0.146. The number of ether oxygens (including phenoxy) is 3. The molecule has 0 saturated heterocycles. The van der Waals surface area contributed by atoms with Crippen molar-refractivity contribution in [3.8, 4) is 11.5 Å². The number of hydrogen-bond donors (Lipinski definition) is 2. The lowest BCUT2D eigenvalue weighted by Gasteiger charge is -2.12. The van der Waals surface area contributed by atoms with Gasteiger partial charge in [-0.15, -0.1) is 30.6 Å². The fraction of sp³-hybridized carbons (Fsp3) is 0.400. The molecule has 1 rings (SSSR count). The number of hydrogen-bond acceptors (Lipinski definition) is 4. The maximum Gasteiger partial charge on any atom is 0.193 e. The van der Waals surface area contributed by atoms with Crippen LogP contribution in [0.15, 0.2) is 35.8 Å². The molecule has 0 unspecified atom stereocenters. The van der Waals surface area contributed by atoms with Gasteiger partial charge in [0.25, 0.3) is 0 Å². The quantitative estimate of drug-likeness (QED) is 0.211. The van der Waals surface area contributed by atoms with Crippen LogP contribution in [0.2, 0.25) is 0 Å². The Hall–Kier alpha value is -1.48. The Kier molecular flexibility index (Phi) is 11.3. The Balaban J connectivity index is 0.00000441. The van der Waals surface area contributed by atoms with Crippen molar-refractivity contribution in [2.75, 3.05) is 39.3 Å². The number of nitrogens with zero attached hydrogens (tertiary/aromatic N) is 1. The van der Waals surface area contributed by atoms with E-state index in [2.05, 4.69) is 16.9 Å². The molecule has 22 heavy (non-hydrogen) atoms. The monoisotopic (exact) mass is 421 g/mol. The molecular formula is C15H24IN3O3. The predicted octanol–water partition coefficient (Wildman–Crippen LogP) is 2.64. The molecule has 1 aromatic carbocycles. The van der Waals surface area contributed by atoms with Crippen LogP contribution in [0.5, 0.6) is 11.5 Å². The number of anilines is 1. The molecule has 0 atom stereocenters. The molecule has 7 heteroatoms. The summed E-state index contributed by atoms with van der Waals surface area (Å²) in [5.41, 5.74) is 6.53. The first-order valence-electron chi connectivity index (χ1n) is 6.69. The van der Waals surface area contributed by atoms with Crippen LogP contribution in [0.25, 0.3) is 0 Å². The molecule has 1 aromatic rings. The van der Waals surface area contributed by atoms with Gasteiger partial charge in [-0.25, -0.2) is 0 Å². The molecule has 6 nitrogen and oxygen atoms in total. The van der Waals surface area contributed by atoms with Crippen molar-refractivity contribution >= 4 is 35.6 Å². The average molecular weight is 421 g/mol. The van der Waals surface area contributed by atoms with Gasteiger partial charge in [-0.2, -0.15) is 0 Å². The molecule has 0 fully saturated rings. The third-order valence-electron chi connectivity index (χ3n) is 2.65. The normalized spacial score (nSPS) is 10.5. The van der Waals surface area contributed by atoms with Crippen molar-refractivity contribution in [2.45, 2.75) is 6.42 Å². The smallest absolute Gasteiger partial charge is 0.193 e. The SMILES string of the molecule is C=CCCOCCN=C(N)Nc1cc(OC)ccc1OC.I. The number of nitrogens with two attached hydrogens (primary N) is 1. The summed E-state index contributed by atoms with van der Waals surface area (Å²) in [6.07, 6.45) is 2.65. The summed E-state index contributed by atoms with van der Waals surface area (Å²) in [5.74, 6) is 1.67. The zero-order valence-electron chi connectivity index (χ0n) is 13.0. The minimum atomic E-state index is 0. The van der Waals surface area contributed by atoms with Gasteiger partial charge in [0.1, 0.15) is 11.5 Å². The molecule has 0 aliphatic carbocycles. The van der Waals surface area contributed by atoms with E-state index in [1.54, 1.807) is 26.4 Å². The lowest BCUT2D eigenvalue weighted by atomic mass is 10.2. The second kappa shape index (κ2) is 12.1. The molecule has 0 heterocycles. The number of halogens is 1. The highest BCUT2D eigenvalue weighted by Crippen LogP contribution is 2.28. The van der Waals surface area contributed by atoms with Gasteiger partial charge < -0.3 is 25.3 Å². The van der Waals surface area contributed by atoms with E-state index in [9.17, 15) is 0 Å². The third-order valence-corrected chi connectivity index (χ3v) is 2.65. The maximum atomic E-state index is 5.83. The Morgan fingerprint density at radius 2 is 2.09 bits per heavy atom. The van der Waals surface area contributed by atoms with E-state index in [1.165, 1.54) is 0 Å². The summed E-state index contributed by atoms with van der Waals surface area (Å²) in [6, 6.07) is 5.40. The zero-order chi connectivity index (χ0) is 15.5. The maximum absolute atomic E-state index is 5.83. The van der Waals surface area contributed by atoms with Crippen LogP contribution in [0.3, 0.4) is 0 Å². The molecule has 0 spiro atoms. The Morgan fingerprint density at radius 1 is 1.32 bits per heavy atom. The van der Waals surface area contributed by atoms with Gasteiger partial charge in [-0.1, -0.05) is 6.08 Å². The van der Waals surface area contributed by atoms with Crippen LogP contribution < -0.4 is 20.5 Å². The molecule has 0 saturated carbocycles. The van der Waals surface area contributed by atoms with Gasteiger partial charge >= 0.3 is 0 Å². The minimum absolute atomic E-state index is 0. The van der Waals surface area contributed by atoms with Gasteiger partial charge in [0, 0.05) is 6.07 Å².